The molecule has 0 saturated carbocycles. The van der Waals surface area contributed by atoms with Crippen LogP contribution in [0.3, 0.4) is 0 Å². The third kappa shape index (κ3) is 4.36. The van der Waals surface area contributed by atoms with Gasteiger partial charge in [-0.15, -0.1) is 27.1 Å². The zero-order valence-corrected chi connectivity index (χ0v) is 21.5. The number of hydrogen-bond acceptors (Lipinski definition) is 6. The van der Waals surface area contributed by atoms with E-state index in [0.717, 1.165) is 15.0 Å². The molecule has 0 atom stereocenters. The number of aryl methyl sites for hydroxylation is 1. The van der Waals surface area contributed by atoms with Crippen molar-refractivity contribution in [3.05, 3.63) is 92.2 Å². The quantitative estimate of drug-likeness (QED) is 0.342. The molecule has 183 valence electrons. The van der Waals surface area contributed by atoms with Crippen LogP contribution in [-0.4, -0.2) is 26.4 Å². The number of aromatic nitrogens is 4. The molecule has 4 aromatic rings. The van der Waals surface area contributed by atoms with Crippen LogP contribution in [0.4, 0.5) is 8.78 Å². The van der Waals surface area contributed by atoms with Gasteiger partial charge in [-0.05, 0) is 31.1 Å². The predicted molar refractivity (Wildman–Crippen MR) is 129 cm³/mol. The summed E-state index contributed by atoms with van der Waals surface area (Å²) in [4.78, 5) is 28.4. The molecule has 0 N–H and O–H groups in total. The monoisotopic (exact) mass is 544 g/mol. The van der Waals surface area contributed by atoms with E-state index in [9.17, 15) is 18.4 Å². The molecule has 1 radical (unpaired) electrons. The van der Waals surface area contributed by atoms with Gasteiger partial charge in [-0.1, -0.05) is 0 Å². The molecule has 0 fully saturated rings. The molecule has 7 nitrogen and oxygen atoms in total. The number of fused-ring (bicyclic) bond motifs is 1. The molecule has 11 heteroatoms. The van der Waals surface area contributed by atoms with Gasteiger partial charge in [0.25, 0.3) is 5.56 Å². The first-order valence-electron chi connectivity index (χ1n) is 10.8. The normalized spacial score (nSPS) is 13.5. The number of hydrogen-bond donors (Lipinski definition) is 0. The van der Waals surface area contributed by atoms with Gasteiger partial charge in [0.2, 0.25) is 5.88 Å². The van der Waals surface area contributed by atoms with Gasteiger partial charge in [-0.2, -0.15) is 30.3 Å². The Kier molecular flexibility index (Phi) is 7.39. The van der Waals surface area contributed by atoms with Crippen molar-refractivity contribution in [1.29, 1.82) is 0 Å². The van der Waals surface area contributed by atoms with Gasteiger partial charge in [-0.25, -0.2) is 18.1 Å². The number of nitrogens with zero attached hydrogens (tertiary/aromatic N) is 4. The minimum atomic E-state index is -0.769. The average molecular weight is 544 g/mol. The Hall–Kier alpha value is -3.34. The molecule has 3 heterocycles. The van der Waals surface area contributed by atoms with Gasteiger partial charge in [-0.3, -0.25) is 9.36 Å². The zero-order chi connectivity index (χ0) is 24.7. The molecule has 5 rings (SSSR count). The molecule has 0 amide bonds. The van der Waals surface area contributed by atoms with Crippen LogP contribution in [0, 0.1) is 13.0 Å². The Morgan fingerprint density at radius 2 is 1.89 bits per heavy atom. The Labute approximate surface area is 220 Å². The molecule has 1 aromatic carbocycles. The van der Waals surface area contributed by atoms with E-state index in [1.54, 1.807) is 19.1 Å². The van der Waals surface area contributed by atoms with Crippen molar-refractivity contribution in [2.45, 2.75) is 26.3 Å². The van der Waals surface area contributed by atoms with Crippen molar-refractivity contribution in [2.75, 3.05) is 7.11 Å². The van der Waals surface area contributed by atoms with E-state index in [2.05, 4.69) is 16.3 Å². The van der Waals surface area contributed by atoms with Gasteiger partial charge in [0.05, 0.1) is 19.0 Å². The molecular weight excluding hydrogens is 525 g/mol. The van der Waals surface area contributed by atoms with E-state index in [4.69, 9.17) is 4.74 Å². The predicted octanol–water partition coefficient (Wildman–Crippen LogP) is 4.66. The molecule has 36 heavy (non-hydrogen) atoms. The Balaban J connectivity index is 0.00000304. The van der Waals surface area contributed by atoms with Crippen LogP contribution in [0.15, 0.2) is 69.3 Å². The van der Waals surface area contributed by atoms with Crippen molar-refractivity contribution in [3.63, 3.8) is 0 Å². The summed E-state index contributed by atoms with van der Waals surface area (Å²) in [6, 6.07) is 13.1. The molecule has 0 aliphatic heterocycles. The van der Waals surface area contributed by atoms with Crippen LogP contribution >= 0.6 is 11.3 Å². The first-order valence-corrected chi connectivity index (χ1v) is 11.6. The fraction of sp³-hybridized carbons (Fsp3) is 0.200. The summed E-state index contributed by atoms with van der Waals surface area (Å²) in [6.07, 6.45) is 1.61. The summed E-state index contributed by atoms with van der Waals surface area (Å²) in [5.74, 6) is -1.13. The molecule has 1 aliphatic rings. The molecular formula is C25H19F2N4O3SV-. The Bertz CT molecular complexity index is 1620. The minimum absolute atomic E-state index is 0. The largest absolute Gasteiger partial charge is 0.480 e. The van der Waals surface area contributed by atoms with E-state index in [1.807, 2.05) is 12.1 Å². The van der Waals surface area contributed by atoms with Gasteiger partial charge in [0.15, 0.2) is 5.82 Å². The van der Waals surface area contributed by atoms with Gasteiger partial charge >= 0.3 is 5.69 Å². The maximum Gasteiger partial charge on any atom is 0.338 e. The minimum Gasteiger partial charge on any atom is -0.480 e. The fourth-order valence-corrected chi connectivity index (χ4v) is 5.39. The number of rotatable bonds is 5. The first-order chi connectivity index (χ1) is 16.9. The molecule has 3 aromatic heterocycles. The van der Waals surface area contributed by atoms with Crippen LogP contribution < -0.4 is 16.0 Å². The van der Waals surface area contributed by atoms with Crippen LogP contribution in [0.1, 0.15) is 18.4 Å². The van der Waals surface area contributed by atoms with Gasteiger partial charge < -0.3 is 4.74 Å². The molecule has 0 unspecified atom stereocenters. The van der Waals surface area contributed by atoms with Gasteiger partial charge in [0.1, 0.15) is 16.5 Å². The summed E-state index contributed by atoms with van der Waals surface area (Å²) >= 11 is 1.23. The van der Waals surface area contributed by atoms with Crippen LogP contribution in [0.5, 0.6) is 5.88 Å². The number of benzene rings is 1. The third-order valence-electron chi connectivity index (χ3n) is 5.88. The van der Waals surface area contributed by atoms with E-state index in [1.165, 1.54) is 41.2 Å². The zero-order valence-electron chi connectivity index (χ0n) is 19.3. The van der Waals surface area contributed by atoms with Crippen molar-refractivity contribution in [2.24, 2.45) is 0 Å². The van der Waals surface area contributed by atoms with Crippen LogP contribution in [0.25, 0.3) is 26.5 Å². The van der Waals surface area contributed by atoms with Crippen molar-refractivity contribution in [3.8, 4) is 22.1 Å². The van der Waals surface area contributed by atoms with E-state index in [-0.39, 0.29) is 60.6 Å². The summed E-state index contributed by atoms with van der Waals surface area (Å²) in [7, 11) is 1.42. The van der Waals surface area contributed by atoms with Gasteiger partial charge in [0, 0.05) is 41.5 Å². The number of halogens is 2. The standard InChI is InChI=1S/C25H19F2N4O3S.V/c1-14-21-23(32)31(19-11-12-20(34-2)29-28-19)25(33)30(13-16-17(26)9-6-10-18(16)27)24(21)35-22(14)15-7-4-3-5-8-15;/h4-5,7-9,11-12H,6,10,13H2,1-2H3;/q-1;. The SMILES string of the molecule is COc1ccc(-n2c(=O)c3c(C)c(-c4cc[c-]cc4)sc3n(CC3=C(F)CCC=C3F)c2=O)nn1.[V]. The number of methoxy groups -OCH3 is 1. The number of ether oxygens (including phenoxy) is 1. The second-order valence-electron chi connectivity index (χ2n) is 7.94. The second kappa shape index (κ2) is 10.3. The average Bonchev–Trinajstić information content (AvgIpc) is 3.21. The van der Waals surface area contributed by atoms with E-state index >= 15 is 0 Å². The first kappa shape index (κ1) is 25.7. The Morgan fingerprint density at radius 1 is 1.14 bits per heavy atom. The van der Waals surface area contributed by atoms with Crippen LogP contribution in [0.2, 0.25) is 0 Å². The maximum atomic E-state index is 14.6. The topological polar surface area (TPSA) is 79.0 Å². The van der Waals surface area contributed by atoms with E-state index in [0.29, 0.717) is 10.4 Å². The Morgan fingerprint density at radius 3 is 2.53 bits per heavy atom. The smallest absolute Gasteiger partial charge is 0.338 e. The summed E-state index contributed by atoms with van der Waals surface area (Å²) in [6.45, 7) is 1.42. The van der Waals surface area contributed by atoms with E-state index < -0.39 is 22.9 Å². The molecule has 0 bridgehead atoms. The van der Waals surface area contributed by atoms with Crippen molar-refractivity contribution in [1.82, 2.24) is 19.3 Å². The third-order valence-corrected chi connectivity index (χ3v) is 7.24. The maximum absolute atomic E-state index is 14.6. The number of thiophene rings is 1. The van der Waals surface area contributed by atoms with Crippen molar-refractivity contribution >= 4 is 21.6 Å². The summed E-state index contributed by atoms with van der Waals surface area (Å²) in [5, 5.41) is 8.10. The molecule has 0 spiro atoms. The summed E-state index contributed by atoms with van der Waals surface area (Å²) < 4.78 is 36.3. The molecule has 0 saturated heterocycles. The number of allylic oxidation sites excluding steroid dienone is 4. The van der Waals surface area contributed by atoms with Crippen LogP contribution in [-0.2, 0) is 25.1 Å². The second-order valence-corrected chi connectivity index (χ2v) is 8.94. The summed E-state index contributed by atoms with van der Waals surface area (Å²) in [5.41, 5.74) is -0.0650. The molecule has 1 aliphatic carbocycles. The fourth-order valence-electron chi connectivity index (χ4n) is 4.09. The van der Waals surface area contributed by atoms with Crippen molar-refractivity contribution < 1.29 is 32.1 Å².